The maximum absolute atomic E-state index is 10.9. The predicted molar refractivity (Wildman–Crippen MR) is 87.2 cm³/mol. The molecule has 1 aromatic carbocycles. The molecule has 2 saturated heterocycles. The maximum atomic E-state index is 10.9. The van der Waals surface area contributed by atoms with E-state index in [2.05, 4.69) is 11.8 Å². The van der Waals surface area contributed by atoms with E-state index in [-0.39, 0.29) is 11.7 Å². The Kier molecular flexibility index (Phi) is 4.80. The van der Waals surface area contributed by atoms with Crippen LogP contribution in [0, 0.1) is 5.92 Å². The van der Waals surface area contributed by atoms with Crippen molar-refractivity contribution in [1.82, 2.24) is 4.90 Å². The number of halogens is 1. The van der Waals surface area contributed by atoms with Crippen molar-refractivity contribution in [2.24, 2.45) is 5.92 Å². The van der Waals surface area contributed by atoms with Crippen LogP contribution in [0.25, 0.3) is 0 Å². The van der Waals surface area contributed by atoms with Crippen LogP contribution >= 0.6 is 11.6 Å². The zero-order chi connectivity index (χ0) is 16.6. The summed E-state index contributed by atoms with van der Waals surface area (Å²) in [6.07, 6.45) is 2.92. The molecule has 4 unspecified atom stereocenters. The van der Waals surface area contributed by atoms with Crippen LogP contribution in [0.1, 0.15) is 36.5 Å². The van der Waals surface area contributed by atoms with Gasteiger partial charge in [0, 0.05) is 18.6 Å². The fourth-order valence-corrected chi connectivity index (χ4v) is 4.13. The van der Waals surface area contributed by atoms with Crippen molar-refractivity contribution in [3.05, 3.63) is 28.8 Å². The zero-order valence-electron chi connectivity index (χ0n) is 13.1. The first-order valence-corrected chi connectivity index (χ1v) is 8.44. The summed E-state index contributed by atoms with van der Waals surface area (Å²) in [5.41, 5.74) is 0.152. The fourth-order valence-electron chi connectivity index (χ4n) is 3.89. The lowest BCUT2D eigenvalue weighted by atomic mass is 9.89. The zero-order valence-corrected chi connectivity index (χ0v) is 13.9. The van der Waals surface area contributed by atoms with Crippen molar-refractivity contribution in [2.45, 2.75) is 44.4 Å². The number of nitrogens with zero attached hydrogens (tertiary/aromatic N) is 1. The van der Waals surface area contributed by atoms with Crippen molar-refractivity contribution in [3.63, 3.8) is 0 Å². The average Bonchev–Trinajstić information content (AvgIpc) is 2.83. The van der Waals surface area contributed by atoms with Crippen LogP contribution in [0.4, 0.5) is 0 Å². The highest BCUT2D eigenvalue weighted by atomic mass is 35.5. The van der Waals surface area contributed by atoms with Crippen molar-refractivity contribution in [3.8, 4) is 5.75 Å². The third-order valence-electron chi connectivity index (χ3n) is 5.20. The van der Waals surface area contributed by atoms with Crippen LogP contribution in [0.15, 0.2) is 18.2 Å². The summed E-state index contributed by atoms with van der Waals surface area (Å²) in [5, 5.41) is 19.3. The molecule has 23 heavy (non-hydrogen) atoms. The minimum atomic E-state index is -1.00. The van der Waals surface area contributed by atoms with Gasteiger partial charge in [-0.2, -0.15) is 0 Å². The first-order chi connectivity index (χ1) is 11.0. The van der Waals surface area contributed by atoms with Gasteiger partial charge in [0.05, 0.1) is 16.7 Å². The topological polar surface area (TPSA) is 70.0 Å². The molecule has 0 amide bonds. The minimum absolute atomic E-state index is 0.152. The second-order valence-electron chi connectivity index (χ2n) is 6.50. The number of aliphatic hydroxyl groups excluding tert-OH is 1. The van der Waals surface area contributed by atoms with E-state index in [1.165, 1.54) is 12.1 Å². The Morgan fingerprint density at radius 1 is 1.43 bits per heavy atom. The van der Waals surface area contributed by atoms with Gasteiger partial charge in [0.1, 0.15) is 12.4 Å². The number of carboxylic acid groups (broad SMARTS) is 1. The molecule has 0 aromatic heterocycles. The van der Waals surface area contributed by atoms with Gasteiger partial charge in [-0.1, -0.05) is 18.5 Å². The van der Waals surface area contributed by atoms with Gasteiger partial charge in [-0.15, -0.1) is 0 Å². The van der Waals surface area contributed by atoms with E-state index < -0.39 is 5.97 Å². The maximum Gasteiger partial charge on any atom is 0.335 e. The lowest BCUT2D eigenvalue weighted by Gasteiger charge is -2.41. The molecule has 0 spiro atoms. The first kappa shape index (κ1) is 16.6. The summed E-state index contributed by atoms with van der Waals surface area (Å²) in [7, 11) is 0. The smallest absolute Gasteiger partial charge is 0.335 e. The lowest BCUT2D eigenvalue weighted by molar-refractivity contribution is -0.0152. The molecular formula is C17H22ClNO4. The summed E-state index contributed by atoms with van der Waals surface area (Å²) >= 11 is 6.07. The van der Waals surface area contributed by atoms with Gasteiger partial charge in [0.15, 0.2) is 0 Å². The molecule has 126 valence electrons. The molecule has 1 aromatic rings. The highest BCUT2D eigenvalue weighted by Gasteiger charge is 2.44. The Morgan fingerprint density at radius 2 is 2.22 bits per heavy atom. The summed E-state index contributed by atoms with van der Waals surface area (Å²) < 4.78 is 5.73. The molecule has 6 heteroatoms. The van der Waals surface area contributed by atoms with Crippen molar-refractivity contribution in [2.75, 3.05) is 13.2 Å². The van der Waals surface area contributed by atoms with Crippen LogP contribution in [-0.2, 0) is 0 Å². The second kappa shape index (κ2) is 6.67. The summed E-state index contributed by atoms with van der Waals surface area (Å²) in [6, 6.07) is 5.37. The number of ether oxygens (including phenoxy) is 1. The van der Waals surface area contributed by atoms with Crippen LogP contribution in [-0.4, -0.2) is 52.4 Å². The largest absolute Gasteiger partial charge is 0.491 e. The van der Waals surface area contributed by atoms with Crippen molar-refractivity contribution < 1.29 is 19.7 Å². The molecule has 5 nitrogen and oxygen atoms in total. The first-order valence-electron chi connectivity index (χ1n) is 8.07. The number of aromatic carboxylic acids is 1. The fraction of sp³-hybridized carbons (Fsp3) is 0.588. The van der Waals surface area contributed by atoms with E-state index in [4.69, 9.17) is 21.4 Å². The van der Waals surface area contributed by atoms with E-state index in [1.807, 2.05) is 0 Å². The molecule has 4 atom stereocenters. The number of rotatable bonds is 5. The lowest BCUT2D eigenvalue weighted by Crippen LogP contribution is -2.51. The SMILES string of the molecule is CC1C(O)CC2CCC1N2CCOc1ccc(C(=O)O)cc1Cl. The van der Waals surface area contributed by atoms with E-state index >= 15 is 0 Å². The number of benzene rings is 1. The van der Waals surface area contributed by atoms with Gasteiger partial charge in [-0.05, 0) is 43.4 Å². The number of fused-ring (bicyclic) bond motifs is 2. The number of hydrogen-bond donors (Lipinski definition) is 2. The van der Waals surface area contributed by atoms with Gasteiger partial charge in [-0.3, -0.25) is 4.90 Å². The molecule has 0 radical (unpaired) electrons. The number of carbonyl (C=O) groups is 1. The Bertz CT molecular complexity index is 594. The monoisotopic (exact) mass is 339 g/mol. The number of hydrogen-bond acceptors (Lipinski definition) is 4. The minimum Gasteiger partial charge on any atom is -0.491 e. The Balaban J connectivity index is 1.57. The highest BCUT2D eigenvalue weighted by molar-refractivity contribution is 6.32. The molecule has 0 saturated carbocycles. The van der Waals surface area contributed by atoms with Crippen LogP contribution in [0.2, 0.25) is 5.02 Å². The normalized spacial score (nSPS) is 30.4. The highest BCUT2D eigenvalue weighted by Crippen LogP contribution is 2.38. The van der Waals surface area contributed by atoms with Crippen LogP contribution in [0.5, 0.6) is 5.75 Å². The van der Waals surface area contributed by atoms with Crippen molar-refractivity contribution >= 4 is 17.6 Å². The molecule has 2 aliphatic rings. The van der Waals surface area contributed by atoms with Gasteiger partial charge in [0.25, 0.3) is 0 Å². The number of piperidine rings is 1. The molecule has 2 heterocycles. The van der Waals surface area contributed by atoms with Gasteiger partial charge in [-0.25, -0.2) is 4.79 Å². The van der Waals surface area contributed by atoms with Crippen LogP contribution < -0.4 is 4.74 Å². The Hall–Kier alpha value is -1.30. The van der Waals surface area contributed by atoms with Gasteiger partial charge in [0.2, 0.25) is 0 Å². The number of carboxylic acids is 1. The molecular weight excluding hydrogens is 318 g/mol. The van der Waals surface area contributed by atoms with E-state index in [9.17, 15) is 9.90 Å². The van der Waals surface area contributed by atoms with E-state index in [0.717, 1.165) is 25.8 Å². The van der Waals surface area contributed by atoms with Gasteiger partial charge >= 0.3 is 5.97 Å². The van der Waals surface area contributed by atoms with E-state index in [0.29, 0.717) is 35.4 Å². The quantitative estimate of drug-likeness (QED) is 0.863. The third-order valence-corrected chi connectivity index (χ3v) is 5.50. The molecule has 0 aliphatic carbocycles. The summed E-state index contributed by atoms with van der Waals surface area (Å²) in [4.78, 5) is 13.3. The average molecular weight is 340 g/mol. The number of aliphatic hydroxyl groups is 1. The van der Waals surface area contributed by atoms with Crippen LogP contribution in [0.3, 0.4) is 0 Å². The molecule has 2 bridgehead atoms. The molecule has 3 rings (SSSR count). The third kappa shape index (κ3) is 3.32. The second-order valence-corrected chi connectivity index (χ2v) is 6.90. The van der Waals surface area contributed by atoms with Gasteiger partial charge < -0.3 is 14.9 Å². The molecule has 2 fully saturated rings. The summed E-state index contributed by atoms with van der Waals surface area (Å²) in [5.74, 6) is -0.197. The Labute approximate surface area is 140 Å². The predicted octanol–water partition coefficient (Wildman–Crippen LogP) is 2.65. The molecule has 2 N–H and O–H groups in total. The standard InChI is InChI=1S/C17H22ClNO4/c1-10-14-4-3-12(9-15(10)20)19(14)6-7-23-16-5-2-11(17(21)22)8-13(16)18/h2,5,8,10,12,14-15,20H,3-4,6-7,9H2,1H3,(H,21,22). The van der Waals surface area contributed by atoms with E-state index in [1.54, 1.807) is 6.07 Å². The Morgan fingerprint density at radius 3 is 2.91 bits per heavy atom. The summed E-state index contributed by atoms with van der Waals surface area (Å²) in [6.45, 7) is 3.41. The molecule has 2 aliphatic heterocycles. The van der Waals surface area contributed by atoms with Crippen molar-refractivity contribution in [1.29, 1.82) is 0 Å².